The van der Waals surface area contributed by atoms with Crippen LogP contribution in [-0.4, -0.2) is 34.3 Å². The zero-order valence-electron chi connectivity index (χ0n) is 11.5. The fourth-order valence-electron chi connectivity index (χ4n) is 1.64. The summed E-state index contributed by atoms with van der Waals surface area (Å²) in [4.78, 5) is 8.47. The van der Waals surface area contributed by atoms with Crippen LogP contribution in [0.15, 0.2) is 12.4 Å². The van der Waals surface area contributed by atoms with Crippen molar-refractivity contribution in [1.29, 1.82) is 0 Å². The van der Waals surface area contributed by atoms with Crippen LogP contribution in [0.4, 0.5) is 11.6 Å². The third-order valence-corrected chi connectivity index (χ3v) is 2.45. The molecule has 0 radical (unpaired) electrons. The van der Waals surface area contributed by atoms with E-state index in [1.54, 1.807) is 12.4 Å². The van der Waals surface area contributed by atoms with E-state index in [2.05, 4.69) is 41.4 Å². The zero-order chi connectivity index (χ0) is 13.4. The van der Waals surface area contributed by atoms with Gasteiger partial charge in [0.2, 0.25) is 0 Å². The second-order valence-electron chi connectivity index (χ2n) is 4.88. The van der Waals surface area contributed by atoms with Crippen LogP contribution in [0.1, 0.15) is 33.6 Å². The Kier molecular flexibility index (Phi) is 6.43. The Labute approximate surface area is 109 Å². The van der Waals surface area contributed by atoms with Crippen molar-refractivity contribution in [2.45, 2.75) is 39.7 Å². The third kappa shape index (κ3) is 5.82. The summed E-state index contributed by atoms with van der Waals surface area (Å²) < 4.78 is 0. The Hall–Kier alpha value is -1.36. The van der Waals surface area contributed by atoms with Gasteiger partial charge >= 0.3 is 0 Å². The highest BCUT2D eigenvalue weighted by molar-refractivity contribution is 5.41. The van der Waals surface area contributed by atoms with E-state index in [9.17, 15) is 5.11 Å². The summed E-state index contributed by atoms with van der Waals surface area (Å²) in [6.07, 6.45) is 4.85. The van der Waals surface area contributed by atoms with E-state index >= 15 is 0 Å². The molecule has 1 unspecified atom stereocenters. The van der Waals surface area contributed by atoms with Crippen molar-refractivity contribution in [3.8, 4) is 0 Å². The molecule has 0 aliphatic heterocycles. The summed E-state index contributed by atoms with van der Waals surface area (Å²) in [5.41, 5.74) is 0. The summed E-state index contributed by atoms with van der Waals surface area (Å²) in [7, 11) is 0. The molecule has 18 heavy (non-hydrogen) atoms. The minimum Gasteiger partial charge on any atom is -0.391 e. The average Bonchev–Trinajstić information content (AvgIpc) is 2.33. The molecule has 3 N–H and O–H groups in total. The minimum absolute atomic E-state index is 0.348. The van der Waals surface area contributed by atoms with Gasteiger partial charge in [0.05, 0.1) is 18.5 Å². The number of rotatable bonds is 8. The van der Waals surface area contributed by atoms with Crippen molar-refractivity contribution in [3.05, 3.63) is 12.4 Å². The van der Waals surface area contributed by atoms with Gasteiger partial charge in [-0.2, -0.15) is 0 Å². The molecule has 0 fully saturated rings. The summed E-state index contributed by atoms with van der Waals surface area (Å²) >= 11 is 0. The van der Waals surface area contributed by atoms with Gasteiger partial charge in [-0.15, -0.1) is 0 Å². The number of aliphatic hydroxyl groups is 1. The van der Waals surface area contributed by atoms with Crippen LogP contribution in [0, 0.1) is 5.92 Å². The van der Waals surface area contributed by atoms with Crippen LogP contribution >= 0.6 is 0 Å². The lowest BCUT2D eigenvalue weighted by molar-refractivity contribution is 0.161. The molecule has 0 aliphatic rings. The van der Waals surface area contributed by atoms with Crippen LogP contribution < -0.4 is 10.6 Å². The molecule has 1 heterocycles. The van der Waals surface area contributed by atoms with Gasteiger partial charge in [0.25, 0.3) is 0 Å². The number of hydrogen-bond acceptors (Lipinski definition) is 5. The van der Waals surface area contributed by atoms with Gasteiger partial charge in [0.1, 0.15) is 11.6 Å². The van der Waals surface area contributed by atoms with E-state index in [0.717, 1.165) is 25.2 Å². The number of nitrogens with one attached hydrogen (secondary N) is 2. The number of nitrogens with zero attached hydrogens (tertiary/aromatic N) is 2. The Bertz CT molecular complexity index is 344. The van der Waals surface area contributed by atoms with Crippen molar-refractivity contribution in [2.24, 2.45) is 5.92 Å². The van der Waals surface area contributed by atoms with Gasteiger partial charge in [0.15, 0.2) is 0 Å². The first kappa shape index (κ1) is 14.7. The Morgan fingerprint density at radius 3 is 2.50 bits per heavy atom. The first-order valence-corrected chi connectivity index (χ1v) is 6.59. The normalized spacial score (nSPS) is 12.5. The van der Waals surface area contributed by atoms with Crippen LogP contribution in [0.2, 0.25) is 0 Å². The van der Waals surface area contributed by atoms with Gasteiger partial charge < -0.3 is 15.7 Å². The van der Waals surface area contributed by atoms with Crippen molar-refractivity contribution >= 4 is 11.6 Å². The van der Waals surface area contributed by atoms with E-state index in [0.29, 0.717) is 18.3 Å². The molecule has 0 aromatic carbocycles. The van der Waals surface area contributed by atoms with Crippen LogP contribution in [-0.2, 0) is 0 Å². The standard InChI is InChI=1S/C13H24N4O/c1-4-5-15-12-8-14-9-13(17-12)16-7-11(18)6-10(2)3/h8-11,18H,4-7H2,1-3H3,(H2,15,16,17). The maximum atomic E-state index is 9.77. The smallest absolute Gasteiger partial charge is 0.147 e. The van der Waals surface area contributed by atoms with Crippen molar-refractivity contribution in [2.75, 3.05) is 23.7 Å². The first-order chi connectivity index (χ1) is 8.61. The van der Waals surface area contributed by atoms with Gasteiger partial charge in [-0.05, 0) is 18.8 Å². The van der Waals surface area contributed by atoms with E-state index in [1.807, 2.05) is 0 Å². The molecule has 0 saturated heterocycles. The molecule has 1 aromatic heterocycles. The van der Waals surface area contributed by atoms with E-state index in [4.69, 9.17) is 0 Å². The fraction of sp³-hybridized carbons (Fsp3) is 0.692. The second kappa shape index (κ2) is 7.87. The summed E-state index contributed by atoms with van der Waals surface area (Å²) in [6.45, 7) is 7.68. The Balaban J connectivity index is 2.41. The monoisotopic (exact) mass is 252 g/mol. The molecule has 0 spiro atoms. The largest absolute Gasteiger partial charge is 0.391 e. The zero-order valence-corrected chi connectivity index (χ0v) is 11.5. The molecule has 1 rings (SSSR count). The molecule has 102 valence electrons. The molecule has 0 bridgehead atoms. The predicted molar refractivity (Wildman–Crippen MR) is 74.8 cm³/mol. The topological polar surface area (TPSA) is 70.1 Å². The summed E-state index contributed by atoms with van der Waals surface area (Å²) in [5.74, 6) is 1.95. The average molecular weight is 252 g/mol. The molecule has 0 aliphatic carbocycles. The van der Waals surface area contributed by atoms with E-state index in [-0.39, 0.29) is 6.10 Å². The molecule has 0 amide bonds. The van der Waals surface area contributed by atoms with Gasteiger partial charge in [-0.25, -0.2) is 4.98 Å². The Morgan fingerprint density at radius 1 is 1.22 bits per heavy atom. The Morgan fingerprint density at radius 2 is 1.89 bits per heavy atom. The van der Waals surface area contributed by atoms with Crippen LogP contribution in [0.3, 0.4) is 0 Å². The number of aliphatic hydroxyl groups excluding tert-OH is 1. The second-order valence-corrected chi connectivity index (χ2v) is 4.88. The fourth-order valence-corrected chi connectivity index (χ4v) is 1.64. The predicted octanol–water partition coefficient (Wildman–Crippen LogP) is 2.12. The summed E-state index contributed by atoms with van der Waals surface area (Å²) in [6, 6.07) is 0. The maximum absolute atomic E-state index is 9.77. The third-order valence-electron chi connectivity index (χ3n) is 2.45. The van der Waals surface area contributed by atoms with Gasteiger partial charge in [-0.1, -0.05) is 20.8 Å². The number of hydrogen-bond donors (Lipinski definition) is 3. The van der Waals surface area contributed by atoms with E-state index in [1.165, 1.54) is 0 Å². The van der Waals surface area contributed by atoms with E-state index < -0.39 is 0 Å². The molecular weight excluding hydrogens is 228 g/mol. The highest BCUT2D eigenvalue weighted by Gasteiger charge is 2.07. The van der Waals surface area contributed by atoms with Gasteiger partial charge in [-0.3, -0.25) is 4.98 Å². The summed E-state index contributed by atoms with van der Waals surface area (Å²) in [5, 5.41) is 16.0. The minimum atomic E-state index is -0.348. The SMILES string of the molecule is CCCNc1cncc(NCC(O)CC(C)C)n1. The van der Waals surface area contributed by atoms with Crippen molar-refractivity contribution < 1.29 is 5.11 Å². The first-order valence-electron chi connectivity index (χ1n) is 6.59. The molecule has 5 nitrogen and oxygen atoms in total. The highest BCUT2D eigenvalue weighted by Crippen LogP contribution is 2.08. The molecule has 5 heteroatoms. The molecular formula is C13H24N4O. The maximum Gasteiger partial charge on any atom is 0.147 e. The lowest BCUT2D eigenvalue weighted by Gasteiger charge is -2.14. The number of anilines is 2. The highest BCUT2D eigenvalue weighted by atomic mass is 16.3. The molecule has 1 aromatic rings. The van der Waals surface area contributed by atoms with Crippen LogP contribution in [0.25, 0.3) is 0 Å². The van der Waals surface area contributed by atoms with Crippen molar-refractivity contribution in [1.82, 2.24) is 9.97 Å². The van der Waals surface area contributed by atoms with Crippen molar-refractivity contribution in [3.63, 3.8) is 0 Å². The molecule has 0 saturated carbocycles. The number of aromatic nitrogens is 2. The lowest BCUT2D eigenvalue weighted by Crippen LogP contribution is -2.21. The van der Waals surface area contributed by atoms with Gasteiger partial charge in [0, 0.05) is 13.1 Å². The molecule has 1 atom stereocenters. The van der Waals surface area contributed by atoms with Crippen LogP contribution in [0.5, 0.6) is 0 Å². The lowest BCUT2D eigenvalue weighted by atomic mass is 10.1. The quantitative estimate of drug-likeness (QED) is 0.661.